The zero-order valence-electron chi connectivity index (χ0n) is 17.1. The molecule has 0 spiro atoms. The average Bonchev–Trinajstić information content (AvgIpc) is 2.59. The number of benzene rings is 2. The minimum Gasteiger partial charge on any atom is -0.483 e. The van der Waals surface area contributed by atoms with E-state index in [2.05, 4.69) is 80.1 Å². The Balaban J connectivity index is 1.92. The summed E-state index contributed by atoms with van der Waals surface area (Å²) in [6.07, 6.45) is 0. The molecule has 1 amide bonds. The molecule has 0 saturated heterocycles. The second kappa shape index (κ2) is 8.92. The minimum absolute atomic E-state index is 0.00988. The quantitative estimate of drug-likeness (QED) is 0.597. The van der Waals surface area contributed by atoms with Crippen LogP contribution in [0.3, 0.4) is 0 Å². The Bertz CT molecular complexity index is 776. The normalized spacial score (nSPS) is 12.7. The van der Waals surface area contributed by atoms with E-state index in [-0.39, 0.29) is 24.0 Å². The van der Waals surface area contributed by atoms with Gasteiger partial charge in [-0.3, -0.25) is 4.79 Å². The molecule has 0 bridgehead atoms. The third-order valence-electron chi connectivity index (χ3n) is 4.64. The van der Waals surface area contributed by atoms with E-state index in [1.54, 1.807) is 0 Å². The summed E-state index contributed by atoms with van der Waals surface area (Å²) in [6.45, 7) is 12.8. The van der Waals surface area contributed by atoms with Crippen molar-refractivity contribution in [3.63, 3.8) is 0 Å². The average molecular weight is 432 g/mol. The van der Waals surface area contributed by atoms with Crippen LogP contribution in [0.25, 0.3) is 0 Å². The fourth-order valence-corrected chi connectivity index (χ4v) is 3.29. The van der Waals surface area contributed by atoms with E-state index in [1.165, 1.54) is 11.1 Å². The molecule has 0 aliphatic rings. The highest BCUT2D eigenvalue weighted by atomic mass is 79.9. The van der Waals surface area contributed by atoms with Gasteiger partial charge in [-0.05, 0) is 63.0 Å². The van der Waals surface area contributed by atoms with Crippen molar-refractivity contribution in [1.29, 1.82) is 0 Å². The molecule has 0 radical (unpaired) electrons. The van der Waals surface area contributed by atoms with Gasteiger partial charge in [-0.1, -0.05) is 65.0 Å². The third kappa shape index (κ3) is 6.10. The van der Waals surface area contributed by atoms with Crippen LogP contribution >= 0.6 is 15.9 Å². The Kier molecular flexibility index (Phi) is 7.10. The Labute approximate surface area is 171 Å². The summed E-state index contributed by atoms with van der Waals surface area (Å²) in [7, 11) is 0. The van der Waals surface area contributed by atoms with Crippen molar-refractivity contribution in [2.24, 2.45) is 0 Å². The van der Waals surface area contributed by atoms with Gasteiger partial charge in [-0.25, -0.2) is 0 Å². The molecule has 0 fully saturated rings. The molecule has 1 N–H and O–H groups in total. The van der Waals surface area contributed by atoms with E-state index >= 15 is 0 Å². The lowest BCUT2D eigenvalue weighted by atomic mass is 9.86. The van der Waals surface area contributed by atoms with E-state index in [4.69, 9.17) is 4.74 Å². The van der Waals surface area contributed by atoms with Gasteiger partial charge in [0, 0.05) is 0 Å². The molecule has 2 rings (SSSR count). The van der Waals surface area contributed by atoms with Crippen LogP contribution in [0.4, 0.5) is 0 Å². The number of rotatable bonds is 6. The molecule has 4 heteroatoms. The lowest BCUT2D eigenvalue weighted by Crippen LogP contribution is -2.31. The van der Waals surface area contributed by atoms with Gasteiger partial charge in [-0.15, -0.1) is 0 Å². The molecular weight excluding hydrogens is 402 g/mol. The highest BCUT2D eigenvalue weighted by Crippen LogP contribution is 2.29. The number of amides is 1. The van der Waals surface area contributed by atoms with E-state index in [9.17, 15) is 4.79 Å². The minimum atomic E-state index is -0.137. The van der Waals surface area contributed by atoms with Gasteiger partial charge in [0.1, 0.15) is 5.75 Å². The van der Waals surface area contributed by atoms with Crippen molar-refractivity contribution in [2.45, 2.75) is 58.9 Å². The van der Waals surface area contributed by atoms with Gasteiger partial charge in [-0.2, -0.15) is 0 Å². The standard InChI is InChI=1S/C23H30BrNO2/c1-15(2)18-9-12-21(20(24)13-18)27-14-22(26)25-16(3)17-7-10-19(11-8-17)23(4,5)6/h7-13,15-16H,14H2,1-6H3,(H,25,26)/t16-/m1/s1. The number of hydrogen-bond donors (Lipinski definition) is 1. The fraction of sp³-hybridized carbons (Fsp3) is 0.435. The predicted molar refractivity (Wildman–Crippen MR) is 115 cm³/mol. The Hall–Kier alpha value is -1.81. The molecule has 0 unspecified atom stereocenters. The lowest BCUT2D eigenvalue weighted by molar-refractivity contribution is -0.123. The van der Waals surface area contributed by atoms with E-state index in [0.29, 0.717) is 11.7 Å². The maximum absolute atomic E-state index is 12.3. The number of nitrogens with one attached hydrogen (secondary N) is 1. The number of ether oxygens (including phenoxy) is 1. The molecular formula is C23H30BrNO2. The molecule has 0 aliphatic carbocycles. The molecule has 0 aliphatic heterocycles. The Morgan fingerprint density at radius 2 is 1.63 bits per heavy atom. The summed E-state index contributed by atoms with van der Waals surface area (Å²) >= 11 is 3.52. The molecule has 2 aromatic rings. The summed E-state index contributed by atoms with van der Waals surface area (Å²) in [4.78, 5) is 12.3. The van der Waals surface area contributed by atoms with Crippen LogP contribution < -0.4 is 10.1 Å². The van der Waals surface area contributed by atoms with Crippen LogP contribution in [0.2, 0.25) is 0 Å². The summed E-state index contributed by atoms with van der Waals surface area (Å²) in [5, 5.41) is 2.99. The van der Waals surface area contributed by atoms with Gasteiger partial charge >= 0.3 is 0 Å². The molecule has 2 aromatic carbocycles. The van der Waals surface area contributed by atoms with E-state index in [1.807, 2.05) is 25.1 Å². The smallest absolute Gasteiger partial charge is 0.258 e. The van der Waals surface area contributed by atoms with Crippen LogP contribution in [-0.2, 0) is 10.2 Å². The van der Waals surface area contributed by atoms with E-state index in [0.717, 1.165) is 10.0 Å². The second-order valence-electron chi connectivity index (χ2n) is 8.29. The number of carbonyl (C=O) groups is 1. The second-order valence-corrected chi connectivity index (χ2v) is 9.15. The SMILES string of the molecule is CC(C)c1ccc(OCC(=O)N[C@H](C)c2ccc(C(C)(C)C)cc2)c(Br)c1. The van der Waals surface area contributed by atoms with Crippen LogP contribution in [0, 0.1) is 0 Å². The van der Waals surface area contributed by atoms with Crippen molar-refractivity contribution >= 4 is 21.8 Å². The lowest BCUT2D eigenvalue weighted by Gasteiger charge is -2.21. The zero-order valence-corrected chi connectivity index (χ0v) is 18.7. The predicted octanol–water partition coefficient (Wildman–Crippen LogP) is 6.13. The van der Waals surface area contributed by atoms with Gasteiger partial charge in [0.05, 0.1) is 10.5 Å². The molecule has 146 valence electrons. The third-order valence-corrected chi connectivity index (χ3v) is 5.26. The van der Waals surface area contributed by atoms with Gasteiger partial charge in [0.2, 0.25) is 0 Å². The highest BCUT2D eigenvalue weighted by molar-refractivity contribution is 9.10. The highest BCUT2D eigenvalue weighted by Gasteiger charge is 2.15. The topological polar surface area (TPSA) is 38.3 Å². The first kappa shape index (κ1) is 21.5. The maximum Gasteiger partial charge on any atom is 0.258 e. The number of halogens is 1. The maximum atomic E-state index is 12.3. The van der Waals surface area contributed by atoms with Crippen molar-refractivity contribution < 1.29 is 9.53 Å². The van der Waals surface area contributed by atoms with Crippen molar-refractivity contribution in [1.82, 2.24) is 5.32 Å². The summed E-state index contributed by atoms with van der Waals surface area (Å²) in [6, 6.07) is 14.3. The summed E-state index contributed by atoms with van der Waals surface area (Å²) in [5.74, 6) is 0.989. The Morgan fingerprint density at radius 3 is 2.15 bits per heavy atom. The largest absolute Gasteiger partial charge is 0.483 e. The van der Waals surface area contributed by atoms with Crippen LogP contribution in [-0.4, -0.2) is 12.5 Å². The summed E-state index contributed by atoms with van der Waals surface area (Å²) < 4.78 is 6.54. The number of carbonyl (C=O) groups excluding carboxylic acids is 1. The zero-order chi connectivity index (χ0) is 20.2. The molecule has 0 heterocycles. The molecule has 0 saturated carbocycles. The van der Waals surface area contributed by atoms with E-state index < -0.39 is 0 Å². The summed E-state index contributed by atoms with van der Waals surface area (Å²) in [5.41, 5.74) is 3.71. The molecule has 0 aromatic heterocycles. The van der Waals surface area contributed by atoms with Crippen LogP contribution in [0.15, 0.2) is 46.9 Å². The molecule has 3 nitrogen and oxygen atoms in total. The fourth-order valence-electron chi connectivity index (χ4n) is 2.77. The van der Waals surface area contributed by atoms with Gasteiger partial charge in [0.25, 0.3) is 5.91 Å². The first-order valence-corrected chi connectivity index (χ1v) is 10.2. The number of hydrogen-bond acceptors (Lipinski definition) is 2. The van der Waals surface area contributed by atoms with Gasteiger partial charge in [0.15, 0.2) is 6.61 Å². The van der Waals surface area contributed by atoms with Crippen LogP contribution in [0.1, 0.15) is 70.2 Å². The van der Waals surface area contributed by atoms with Gasteiger partial charge < -0.3 is 10.1 Å². The van der Waals surface area contributed by atoms with Crippen molar-refractivity contribution in [2.75, 3.05) is 6.61 Å². The Morgan fingerprint density at radius 1 is 1.04 bits per heavy atom. The van der Waals surface area contributed by atoms with Crippen molar-refractivity contribution in [3.8, 4) is 5.75 Å². The first-order chi connectivity index (χ1) is 12.6. The molecule has 27 heavy (non-hydrogen) atoms. The monoisotopic (exact) mass is 431 g/mol. The molecule has 1 atom stereocenters. The van der Waals surface area contributed by atoms with Crippen LogP contribution in [0.5, 0.6) is 5.75 Å². The first-order valence-electron chi connectivity index (χ1n) is 9.40. The van der Waals surface area contributed by atoms with Crippen molar-refractivity contribution in [3.05, 3.63) is 63.6 Å².